The summed E-state index contributed by atoms with van der Waals surface area (Å²) < 4.78 is 1.99. The second kappa shape index (κ2) is 5.96. The molecule has 0 saturated carbocycles. The number of hydrogen-bond acceptors (Lipinski definition) is 2. The summed E-state index contributed by atoms with van der Waals surface area (Å²) in [5.41, 5.74) is 2.27. The minimum atomic E-state index is 0.559. The van der Waals surface area contributed by atoms with E-state index in [2.05, 4.69) is 16.9 Å². The van der Waals surface area contributed by atoms with Gasteiger partial charge in [-0.15, -0.1) is 11.6 Å². The average molecular weight is 270 g/mol. The fourth-order valence-electron chi connectivity index (χ4n) is 3.08. The average Bonchev–Trinajstić information content (AvgIpc) is 2.65. The topological polar surface area (TPSA) is 21.1 Å². The first-order valence-electron chi connectivity index (χ1n) is 7.00. The number of anilines is 1. The number of piperidine rings is 1. The van der Waals surface area contributed by atoms with Crippen LogP contribution in [-0.4, -0.2) is 22.9 Å². The first-order valence-corrected chi connectivity index (χ1v) is 7.54. The molecule has 102 valence electrons. The van der Waals surface area contributed by atoms with Crippen LogP contribution in [0.1, 0.15) is 43.9 Å². The van der Waals surface area contributed by atoms with Gasteiger partial charge in [-0.25, -0.2) is 0 Å². The zero-order valence-corrected chi connectivity index (χ0v) is 12.5. The zero-order chi connectivity index (χ0) is 13.1. The van der Waals surface area contributed by atoms with E-state index < -0.39 is 0 Å². The highest BCUT2D eigenvalue weighted by molar-refractivity contribution is 6.17. The quantitative estimate of drug-likeness (QED) is 0.781. The predicted octanol–water partition coefficient (Wildman–Crippen LogP) is 3.48. The van der Waals surface area contributed by atoms with Crippen molar-refractivity contribution in [3.05, 3.63) is 11.3 Å². The summed E-state index contributed by atoms with van der Waals surface area (Å²) in [5, 5.41) is 4.50. The van der Waals surface area contributed by atoms with Crippen molar-refractivity contribution in [2.45, 2.75) is 45.4 Å². The number of hydrogen-bond donors (Lipinski definition) is 0. The highest BCUT2D eigenvalue weighted by atomic mass is 35.5. The summed E-state index contributed by atoms with van der Waals surface area (Å²) in [7, 11) is 2.02. The van der Waals surface area contributed by atoms with Crippen LogP contribution in [0.15, 0.2) is 0 Å². The first kappa shape index (κ1) is 13.7. The summed E-state index contributed by atoms with van der Waals surface area (Å²) in [5.74, 6) is 2.71. The molecular weight excluding hydrogens is 246 g/mol. The van der Waals surface area contributed by atoms with Gasteiger partial charge in [0.1, 0.15) is 5.82 Å². The molecular formula is C14H24ClN3. The second-order valence-corrected chi connectivity index (χ2v) is 5.63. The molecule has 1 aliphatic rings. The molecule has 0 atom stereocenters. The van der Waals surface area contributed by atoms with Gasteiger partial charge in [0.05, 0.1) is 11.6 Å². The van der Waals surface area contributed by atoms with E-state index in [0.717, 1.165) is 24.7 Å². The normalized spacial score (nSPS) is 17.4. The Kier molecular flexibility index (Phi) is 4.55. The SMILES string of the molecule is CCCC1CCN(c2c(CCl)c(C)nn2C)CC1. The first-order chi connectivity index (χ1) is 8.67. The van der Waals surface area contributed by atoms with Gasteiger partial charge in [0.25, 0.3) is 0 Å². The van der Waals surface area contributed by atoms with Gasteiger partial charge in [0.2, 0.25) is 0 Å². The van der Waals surface area contributed by atoms with Crippen molar-refractivity contribution in [2.24, 2.45) is 13.0 Å². The van der Waals surface area contributed by atoms with Crippen LogP contribution in [0.25, 0.3) is 0 Å². The minimum Gasteiger partial charge on any atom is -0.357 e. The molecule has 0 aromatic carbocycles. The lowest BCUT2D eigenvalue weighted by atomic mass is 9.92. The van der Waals surface area contributed by atoms with E-state index in [-0.39, 0.29) is 0 Å². The number of aryl methyl sites for hydroxylation is 2. The number of halogens is 1. The van der Waals surface area contributed by atoms with E-state index in [0.29, 0.717) is 5.88 Å². The second-order valence-electron chi connectivity index (χ2n) is 5.36. The maximum atomic E-state index is 6.07. The summed E-state index contributed by atoms with van der Waals surface area (Å²) in [6, 6.07) is 0. The van der Waals surface area contributed by atoms with Crippen LogP contribution >= 0.6 is 11.6 Å². The smallest absolute Gasteiger partial charge is 0.131 e. The molecule has 4 heteroatoms. The van der Waals surface area contributed by atoms with E-state index in [1.54, 1.807) is 0 Å². The van der Waals surface area contributed by atoms with Crippen LogP contribution < -0.4 is 4.90 Å². The lowest BCUT2D eigenvalue weighted by Gasteiger charge is -2.33. The molecule has 0 spiro atoms. The molecule has 2 heterocycles. The Labute approximate surface area is 115 Å². The molecule has 0 amide bonds. The van der Waals surface area contributed by atoms with Crippen molar-refractivity contribution >= 4 is 17.4 Å². The fourth-order valence-corrected chi connectivity index (χ4v) is 3.40. The fraction of sp³-hybridized carbons (Fsp3) is 0.786. The van der Waals surface area contributed by atoms with E-state index in [1.165, 1.54) is 37.1 Å². The highest BCUT2D eigenvalue weighted by Crippen LogP contribution is 2.30. The minimum absolute atomic E-state index is 0.559. The summed E-state index contributed by atoms with van der Waals surface area (Å²) in [6.45, 7) is 6.62. The standard InChI is InChI=1S/C14H24ClN3/c1-4-5-12-6-8-18(9-7-12)14-13(10-15)11(2)16-17(14)3/h12H,4-10H2,1-3H3. The third kappa shape index (κ3) is 2.66. The maximum Gasteiger partial charge on any atom is 0.131 e. The molecule has 1 fully saturated rings. The lowest BCUT2D eigenvalue weighted by Crippen LogP contribution is -2.35. The van der Waals surface area contributed by atoms with Crippen LogP contribution in [0.5, 0.6) is 0 Å². The molecule has 1 aromatic heterocycles. The van der Waals surface area contributed by atoms with Gasteiger partial charge in [0.15, 0.2) is 0 Å². The van der Waals surface area contributed by atoms with Crippen LogP contribution in [0, 0.1) is 12.8 Å². The molecule has 0 aliphatic carbocycles. The molecule has 1 saturated heterocycles. The van der Waals surface area contributed by atoms with Crippen molar-refractivity contribution in [1.29, 1.82) is 0 Å². The van der Waals surface area contributed by atoms with E-state index in [1.807, 2.05) is 18.7 Å². The molecule has 0 bridgehead atoms. The van der Waals surface area contributed by atoms with Crippen molar-refractivity contribution in [3.63, 3.8) is 0 Å². The molecule has 3 nitrogen and oxygen atoms in total. The molecule has 0 unspecified atom stereocenters. The monoisotopic (exact) mass is 269 g/mol. The predicted molar refractivity (Wildman–Crippen MR) is 77.3 cm³/mol. The largest absolute Gasteiger partial charge is 0.357 e. The maximum absolute atomic E-state index is 6.07. The van der Waals surface area contributed by atoms with Crippen molar-refractivity contribution in [1.82, 2.24) is 9.78 Å². The van der Waals surface area contributed by atoms with Gasteiger partial charge >= 0.3 is 0 Å². The molecule has 2 rings (SSSR count). The lowest BCUT2D eigenvalue weighted by molar-refractivity contribution is 0.375. The highest BCUT2D eigenvalue weighted by Gasteiger charge is 2.23. The summed E-state index contributed by atoms with van der Waals surface area (Å²) >= 11 is 6.07. The summed E-state index contributed by atoms with van der Waals surface area (Å²) in [6.07, 6.45) is 5.29. The van der Waals surface area contributed by atoms with Gasteiger partial charge < -0.3 is 4.90 Å². The Morgan fingerprint density at radius 3 is 2.56 bits per heavy atom. The van der Waals surface area contributed by atoms with E-state index in [4.69, 9.17) is 11.6 Å². The van der Waals surface area contributed by atoms with E-state index >= 15 is 0 Å². The van der Waals surface area contributed by atoms with Gasteiger partial charge in [-0.3, -0.25) is 4.68 Å². The number of aromatic nitrogens is 2. The van der Waals surface area contributed by atoms with Crippen molar-refractivity contribution in [2.75, 3.05) is 18.0 Å². The Morgan fingerprint density at radius 2 is 2.00 bits per heavy atom. The Morgan fingerprint density at radius 1 is 1.33 bits per heavy atom. The van der Waals surface area contributed by atoms with Crippen molar-refractivity contribution in [3.8, 4) is 0 Å². The molecule has 0 N–H and O–H groups in total. The Bertz CT molecular complexity index is 392. The Balaban J connectivity index is 2.09. The number of nitrogens with zero attached hydrogens (tertiary/aromatic N) is 3. The molecule has 1 aliphatic heterocycles. The third-order valence-corrected chi connectivity index (χ3v) is 4.33. The summed E-state index contributed by atoms with van der Waals surface area (Å²) in [4.78, 5) is 2.46. The number of rotatable bonds is 4. The zero-order valence-electron chi connectivity index (χ0n) is 11.7. The van der Waals surface area contributed by atoms with Gasteiger partial charge in [-0.05, 0) is 25.7 Å². The van der Waals surface area contributed by atoms with E-state index in [9.17, 15) is 0 Å². The van der Waals surface area contributed by atoms with Gasteiger partial charge in [-0.2, -0.15) is 5.10 Å². The van der Waals surface area contributed by atoms with Crippen molar-refractivity contribution < 1.29 is 0 Å². The van der Waals surface area contributed by atoms with Crippen LogP contribution in [-0.2, 0) is 12.9 Å². The van der Waals surface area contributed by atoms with Crippen LogP contribution in [0.4, 0.5) is 5.82 Å². The Hall–Kier alpha value is -0.700. The molecule has 0 radical (unpaired) electrons. The van der Waals surface area contributed by atoms with Crippen LogP contribution in [0.3, 0.4) is 0 Å². The molecule has 18 heavy (non-hydrogen) atoms. The van der Waals surface area contributed by atoms with Gasteiger partial charge in [-0.1, -0.05) is 19.8 Å². The molecule has 1 aromatic rings. The third-order valence-electron chi connectivity index (χ3n) is 4.06. The van der Waals surface area contributed by atoms with Crippen LogP contribution in [0.2, 0.25) is 0 Å². The number of alkyl halides is 1. The van der Waals surface area contributed by atoms with Gasteiger partial charge in [0, 0.05) is 25.7 Å².